The Morgan fingerprint density at radius 3 is 2.74 bits per heavy atom. The van der Waals surface area contributed by atoms with Crippen LogP contribution in [0.1, 0.15) is 34.2 Å². The van der Waals surface area contributed by atoms with Crippen molar-refractivity contribution in [1.82, 2.24) is 0 Å². The number of aldehydes is 1. The SMILES string of the molecule is C=C(C=O)[C@@H]1c2ccccc2Cc2ccc(F)cc2[C@H]1N=[N+]=[N-]. The second-order valence-electron chi connectivity index (χ2n) is 5.54. The fourth-order valence-corrected chi connectivity index (χ4v) is 3.22. The van der Waals surface area contributed by atoms with Gasteiger partial charge >= 0.3 is 0 Å². The van der Waals surface area contributed by atoms with E-state index in [0.717, 1.165) is 16.7 Å². The lowest BCUT2D eigenvalue weighted by Gasteiger charge is -2.24. The maximum Gasteiger partial charge on any atom is 0.146 e. The topological polar surface area (TPSA) is 65.8 Å². The van der Waals surface area contributed by atoms with Crippen LogP contribution in [0.4, 0.5) is 4.39 Å². The number of benzene rings is 2. The van der Waals surface area contributed by atoms with Crippen LogP contribution in [0.2, 0.25) is 0 Å². The van der Waals surface area contributed by atoms with Crippen LogP contribution in [0.3, 0.4) is 0 Å². The fraction of sp³-hybridized carbons (Fsp3) is 0.167. The summed E-state index contributed by atoms with van der Waals surface area (Å²) in [5.74, 6) is -0.897. The molecule has 2 aromatic carbocycles. The number of hydrogen-bond donors (Lipinski definition) is 0. The van der Waals surface area contributed by atoms with Gasteiger partial charge in [-0.1, -0.05) is 42.0 Å². The van der Waals surface area contributed by atoms with Crippen LogP contribution in [0.5, 0.6) is 0 Å². The van der Waals surface area contributed by atoms with E-state index in [1.165, 1.54) is 12.1 Å². The molecule has 0 amide bonds. The molecule has 0 radical (unpaired) electrons. The molecule has 0 N–H and O–H groups in total. The molecule has 0 bridgehead atoms. The van der Waals surface area contributed by atoms with E-state index in [0.29, 0.717) is 23.8 Å². The molecule has 2 atom stereocenters. The standard InChI is InChI=1S/C18H14FN3O/c1-11(10-23)17-15-5-3-2-4-12(15)8-13-6-7-14(19)9-16(13)18(17)21-22-20/h2-7,9-10,17-18H,1,8H2/t17-,18-/m1/s1. The second kappa shape index (κ2) is 6.07. The lowest BCUT2D eigenvalue weighted by atomic mass is 9.83. The van der Waals surface area contributed by atoms with Gasteiger partial charge in [0, 0.05) is 10.8 Å². The quantitative estimate of drug-likeness (QED) is 0.268. The van der Waals surface area contributed by atoms with Gasteiger partial charge in [0.05, 0.1) is 6.04 Å². The molecule has 23 heavy (non-hydrogen) atoms. The Morgan fingerprint density at radius 1 is 1.26 bits per heavy atom. The van der Waals surface area contributed by atoms with Gasteiger partial charge in [-0.2, -0.15) is 0 Å². The van der Waals surface area contributed by atoms with Crippen LogP contribution in [0.25, 0.3) is 10.4 Å². The smallest absolute Gasteiger partial charge is 0.146 e. The molecule has 1 aliphatic rings. The van der Waals surface area contributed by atoms with Gasteiger partial charge in [0.25, 0.3) is 0 Å². The number of carbonyl (C=O) groups excluding carboxylic acids is 1. The van der Waals surface area contributed by atoms with Crippen molar-refractivity contribution in [2.45, 2.75) is 18.4 Å². The van der Waals surface area contributed by atoms with Gasteiger partial charge in [-0.3, -0.25) is 4.79 Å². The van der Waals surface area contributed by atoms with Crippen molar-refractivity contribution in [3.05, 3.63) is 93.1 Å². The third-order valence-corrected chi connectivity index (χ3v) is 4.24. The van der Waals surface area contributed by atoms with Crippen molar-refractivity contribution in [3.63, 3.8) is 0 Å². The largest absolute Gasteiger partial charge is 0.298 e. The predicted octanol–water partition coefficient (Wildman–Crippen LogP) is 4.62. The van der Waals surface area contributed by atoms with Gasteiger partial charge in [0.1, 0.15) is 12.1 Å². The average Bonchev–Trinajstić information content (AvgIpc) is 2.69. The molecule has 3 rings (SSSR count). The molecule has 0 saturated carbocycles. The van der Waals surface area contributed by atoms with Crippen molar-refractivity contribution in [2.75, 3.05) is 0 Å². The summed E-state index contributed by atoms with van der Waals surface area (Å²) in [7, 11) is 0. The lowest BCUT2D eigenvalue weighted by molar-refractivity contribution is -0.105. The van der Waals surface area contributed by atoms with E-state index in [2.05, 4.69) is 16.6 Å². The average molecular weight is 307 g/mol. The highest BCUT2D eigenvalue weighted by Gasteiger charge is 2.32. The minimum Gasteiger partial charge on any atom is -0.298 e. The third kappa shape index (κ3) is 2.62. The number of halogens is 1. The van der Waals surface area contributed by atoms with Gasteiger partial charge < -0.3 is 0 Å². The number of fused-ring (bicyclic) bond motifs is 2. The number of hydrogen-bond acceptors (Lipinski definition) is 2. The van der Waals surface area contributed by atoms with E-state index >= 15 is 0 Å². The molecule has 0 saturated heterocycles. The zero-order valence-electron chi connectivity index (χ0n) is 12.3. The highest BCUT2D eigenvalue weighted by molar-refractivity contribution is 5.76. The van der Waals surface area contributed by atoms with Crippen molar-refractivity contribution >= 4 is 6.29 Å². The van der Waals surface area contributed by atoms with E-state index in [4.69, 9.17) is 5.53 Å². The number of rotatable bonds is 3. The van der Waals surface area contributed by atoms with Crippen molar-refractivity contribution in [1.29, 1.82) is 0 Å². The summed E-state index contributed by atoms with van der Waals surface area (Å²) in [6, 6.07) is 11.4. The molecule has 0 spiro atoms. The predicted molar refractivity (Wildman–Crippen MR) is 85.5 cm³/mol. The van der Waals surface area contributed by atoms with Crippen LogP contribution in [0, 0.1) is 5.82 Å². The minimum atomic E-state index is -0.702. The molecule has 114 valence electrons. The maximum atomic E-state index is 13.8. The summed E-state index contributed by atoms with van der Waals surface area (Å²) in [6.45, 7) is 3.82. The molecule has 0 unspecified atom stereocenters. The van der Waals surface area contributed by atoms with Crippen molar-refractivity contribution in [3.8, 4) is 0 Å². The lowest BCUT2D eigenvalue weighted by Crippen LogP contribution is -2.12. The summed E-state index contributed by atoms with van der Waals surface area (Å²) in [5.41, 5.74) is 12.7. The monoisotopic (exact) mass is 307 g/mol. The zero-order valence-corrected chi connectivity index (χ0v) is 12.3. The highest BCUT2D eigenvalue weighted by atomic mass is 19.1. The van der Waals surface area contributed by atoms with Crippen LogP contribution in [0.15, 0.2) is 59.7 Å². The van der Waals surface area contributed by atoms with Gasteiger partial charge in [-0.15, -0.1) is 0 Å². The molecule has 4 nitrogen and oxygen atoms in total. The molecular weight excluding hydrogens is 293 g/mol. The summed E-state index contributed by atoms with van der Waals surface area (Å²) in [4.78, 5) is 14.3. The van der Waals surface area contributed by atoms with Gasteiger partial charge in [0.2, 0.25) is 0 Å². The van der Waals surface area contributed by atoms with E-state index in [9.17, 15) is 9.18 Å². The Kier molecular flexibility index (Phi) is 3.96. The van der Waals surface area contributed by atoms with E-state index in [1.807, 2.05) is 24.3 Å². The molecule has 2 aromatic rings. The number of nitrogens with zero attached hydrogens (tertiary/aromatic N) is 3. The number of azide groups is 1. The molecule has 0 aliphatic heterocycles. The van der Waals surface area contributed by atoms with E-state index < -0.39 is 17.8 Å². The Balaban J connectivity index is 2.32. The Bertz CT molecular complexity index is 840. The summed E-state index contributed by atoms with van der Waals surface area (Å²) >= 11 is 0. The van der Waals surface area contributed by atoms with Crippen molar-refractivity contribution < 1.29 is 9.18 Å². The molecule has 0 aromatic heterocycles. The third-order valence-electron chi connectivity index (χ3n) is 4.24. The van der Waals surface area contributed by atoms with Crippen LogP contribution < -0.4 is 0 Å². The summed E-state index contributed by atoms with van der Waals surface area (Å²) < 4.78 is 13.8. The van der Waals surface area contributed by atoms with E-state index in [1.54, 1.807) is 6.07 Å². The normalized spacial score (nSPS) is 18.8. The Labute approximate surface area is 132 Å². The summed E-state index contributed by atoms with van der Waals surface area (Å²) in [5, 5.41) is 3.87. The van der Waals surface area contributed by atoms with Crippen molar-refractivity contribution in [2.24, 2.45) is 5.11 Å². The van der Waals surface area contributed by atoms with Gasteiger partial charge in [-0.25, -0.2) is 4.39 Å². The van der Waals surface area contributed by atoms with Crippen LogP contribution >= 0.6 is 0 Å². The van der Waals surface area contributed by atoms with Gasteiger partial charge in [-0.05, 0) is 51.9 Å². The Hall–Kier alpha value is -2.91. The molecule has 0 heterocycles. The first-order valence-electron chi connectivity index (χ1n) is 7.20. The first kappa shape index (κ1) is 15.0. The summed E-state index contributed by atoms with van der Waals surface area (Å²) in [6.07, 6.45) is 1.26. The zero-order chi connectivity index (χ0) is 16.4. The number of carbonyl (C=O) groups is 1. The minimum absolute atomic E-state index is 0.312. The Morgan fingerprint density at radius 2 is 2.00 bits per heavy atom. The molecular formula is C18H14FN3O. The van der Waals surface area contributed by atoms with Crippen LogP contribution in [-0.2, 0) is 11.2 Å². The first-order chi connectivity index (χ1) is 11.2. The van der Waals surface area contributed by atoms with E-state index in [-0.39, 0.29) is 0 Å². The fourth-order valence-electron chi connectivity index (χ4n) is 3.22. The maximum absolute atomic E-state index is 13.8. The second-order valence-corrected chi connectivity index (χ2v) is 5.54. The molecule has 5 heteroatoms. The first-order valence-corrected chi connectivity index (χ1v) is 7.20. The highest BCUT2D eigenvalue weighted by Crippen LogP contribution is 2.44. The van der Waals surface area contributed by atoms with Crippen LogP contribution in [-0.4, -0.2) is 6.29 Å². The van der Waals surface area contributed by atoms with Gasteiger partial charge in [0.15, 0.2) is 0 Å². The molecule has 1 aliphatic carbocycles. The molecule has 0 fully saturated rings.